The van der Waals surface area contributed by atoms with Crippen molar-refractivity contribution >= 4 is 21.8 Å². The van der Waals surface area contributed by atoms with Crippen molar-refractivity contribution in [3.63, 3.8) is 0 Å². The minimum atomic E-state index is -0.0143. The summed E-state index contributed by atoms with van der Waals surface area (Å²) >= 11 is 3.38. The molecule has 1 atom stereocenters. The SMILES string of the molecule is O=C(c1ccccc1Br)N1CCC[C@H]1CO. The molecule has 1 saturated heterocycles. The summed E-state index contributed by atoms with van der Waals surface area (Å²) in [7, 11) is 0. The van der Waals surface area contributed by atoms with Crippen molar-refractivity contribution in [3.8, 4) is 0 Å². The van der Waals surface area contributed by atoms with Crippen LogP contribution in [0.25, 0.3) is 0 Å². The van der Waals surface area contributed by atoms with Gasteiger partial charge in [-0.1, -0.05) is 12.1 Å². The third-order valence-electron chi connectivity index (χ3n) is 2.95. The van der Waals surface area contributed by atoms with E-state index in [1.165, 1.54) is 0 Å². The normalized spacial score (nSPS) is 20.1. The van der Waals surface area contributed by atoms with Crippen molar-refractivity contribution in [1.82, 2.24) is 4.90 Å². The Balaban J connectivity index is 2.22. The number of nitrogens with zero attached hydrogens (tertiary/aromatic N) is 1. The molecule has 1 amide bonds. The summed E-state index contributed by atoms with van der Waals surface area (Å²) in [5.74, 6) is 0.00373. The van der Waals surface area contributed by atoms with Crippen LogP contribution in [0, 0.1) is 0 Å². The number of aliphatic hydroxyl groups is 1. The van der Waals surface area contributed by atoms with E-state index in [0.29, 0.717) is 5.56 Å². The smallest absolute Gasteiger partial charge is 0.255 e. The monoisotopic (exact) mass is 283 g/mol. The second-order valence-corrected chi connectivity index (χ2v) is 4.81. The number of carbonyl (C=O) groups is 1. The number of rotatable bonds is 2. The largest absolute Gasteiger partial charge is 0.394 e. The molecule has 3 nitrogen and oxygen atoms in total. The van der Waals surface area contributed by atoms with Crippen molar-refractivity contribution in [3.05, 3.63) is 34.3 Å². The van der Waals surface area contributed by atoms with E-state index < -0.39 is 0 Å². The highest BCUT2D eigenvalue weighted by Gasteiger charge is 2.29. The van der Waals surface area contributed by atoms with Crippen LogP contribution in [0.3, 0.4) is 0 Å². The van der Waals surface area contributed by atoms with Crippen LogP contribution < -0.4 is 0 Å². The highest BCUT2D eigenvalue weighted by Crippen LogP contribution is 2.23. The zero-order valence-electron chi connectivity index (χ0n) is 8.90. The van der Waals surface area contributed by atoms with Crippen LogP contribution in [0.4, 0.5) is 0 Å². The summed E-state index contributed by atoms with van der Waals surface area (Å²) < 4.78 is 0.809. The van der Waals surface area contributed by atoms with Crippen LogP contribution >= 0.6 is 15.9 Å². The zero-order valence-corrected chi connectivity index (χ0v) is 10.5. The summed E-state index contributed by atoms with van der Waals surface area (Å²) in [5.41, 5.74) is 0.669. The first kappa shape index (κ1) is 11.6. The number of likely N-dealkylation sites (tertiary alicyclic amines) is 1. The van der Waals surface area contributed by atoms with Gasteiger partial charge in [0.05, 0.1) is 18.2 Å². The molecule has 4 heteroatoms. The number of carbonyl (C=O) groups excluding carboxylic acids is 1. The molecule has 1 aliphatic heterocycles. The molecule has 1 fully saturated rings. The lowest BCUT2D eigenvalue weighted by Crippen LogP contribution is -2.37. The molecule has 1 aromatic rings. The molecule has 0 spiro atoms. The lowest BCUT2D eigenvalue weighted by Gasteiger charge is -2.23. The van der Waals surface area contributed by atoms with E-state index in [4.69, 9.17) is 0 Å². The average molecular weight is 284 g/mol. The van der Waals surface area contributed by atoms with Gasteiger partial charge in [-0.3, -0.25) is 4.79 Å². The van der Waals surface area contributed by atoms with Gasteiger partial charge in [0.2, 0.25) is 0 Å². The molecule has 1 N–H and O–H groups in total. The number of halogens is 1. The maximum absolute atomic E-state index is 12.2. The molecule has 1 heterocycles. The van der Waals surface area contributed by atoms with E-state index >= 15 is 0 Å². The molecule has 0 bridgehead atoms. The Labute approximate surface area is 103 Å². The van der Waals surface area contributed by atoms with Gasteiger partial charge in [0, 0.05) is 11.0 Å². The molecule has 0 saturated carbocycles. The van der Waals surface area contributed by atoms with Gasteiger partial charge in [-0.15, -0.1) is 0 Å². The number of aliphatic hydroxyl groups excluding tert-OH is 1. The van der Waals surface area contributed by atoms with Crippen LogP contribution in [-0.4, -0.2) is 35.1 Å². The number of benzene rings is 1. The summed E-state index contributed by atoms with van der Waals surface area (Å²) in [6.45, 7) is 0.793. The molecule has 0 unspecified atom stereocenters. The molecule has 2 rings (SSSR count). The Hall–Kier alpha value is -0.870. The predicted octanol–water partition coefficient (Wildman–Crippen LogP) is 2.05. The fraction of sp³-hybridized carbons (Fsp3) is 0.417. The van der Waals surface area contributed by atoms with E-state index in [1.807, 2.05) is 18.2 Å². The fourth-order valence-corrected chi connectivity index (χ4v) is 2.54. The van der Waals surface area contributed by atoms with Gasteiger partial charge < -0.3 is 10.0 Å². The van der Waals surface area contributed by atoms with Crippen molar-refractivity contribution in [2.75, 3.05) is 13.2 Å². The van der Waals surface area contributed by atoms with Gasteiger partial charge in [0.1, 0.15) is 0 Å². The first-order valence-corrected chi connectivity index (χ1v) is 6.19. The Morgan fingerprint density at radius 3 is 2.94 bits per heavy atom. The summed E-state index contributed by atoms with van der Waals surface area (Å²) in [5, 5.41) is 9.20. The maximum atomic E-state index is 12.2. The van der Waals surface area contributed by atoms with E-state index in [2.05, 4.69) is 15.9 Å². The molecule has 1 aliphatic rings. The molecule has 0 aromatic heterocycles. The van der Waals surface area contributed by atoms with Crippen molar-refractivity contribution in [2.24, 2.45) is 0 Å². The zero-order chi connectivity index (χ0) is 11.5. The minimum Gasteiger partial charge on any atom is -0.394 e. The second kappa shape index (κ2) is 4.97. The van der Waals surface area contributed by atoms with Crippen LogP contribution in [0.1, 0.15) is 23.2 Å². The standard InChI is InChI=1S/C12H14BrNO2/c13-11-6-2-1-5-10(11)12(16)14-7-3-4-9(14)8-15/h1-2,5-6,9,15H,3-4,7-8H2/t9-/m0/s1. The third kappa shape index (κ3) is 2.13. The predicted molar refractivity (Wildman–Crippen MR) is 65.3 cm³/mol. The van der Waals surface area contributed by atoms with E-state index in [0.717, 1.165) is 23.9 Å². The lowest BCUT2D eigenvalue weighted by molar-refractivity contribution is 0.0676. The van der Waals surface area contributed by atoms with E-state index in [-0.39, 0.29) is 18.6 Å². The third-order valence-corrected chi connectivity index (χ3v) is 3.64. The maximum Gasteiger partial charge on any atom is 0.255 e. The molecule has 0 aliphatic carbocycles. The Kier molecular flexibility index (Phi) is 3.61. The molecular weight excluding hydrogens is 270 g/mol. The first-order chi connectivity index (χ1) is 7.74. The Morgan fingerprint density at radius 2 is 2.25 bits per heavy atom. The summed E-state index contributed by atoms with van der Waals surface area (Å²) in [6.07, 6.45) is 1.87. The fourth-order valence-electron chi connectivity index (χ4n) is 2.08. The molecule has 86 valence electrons. The van der Waals surface area contributed by atoms with Crippen LogP contribution in [-0.2, 0) is 0 Å². The summed E-state index contributed by atoms with van der Waals surface area (Å²) in [6, 6.07) is 7.38. The Morgan fingerprint density at radius 1 is 1.50 bits per heavy atom. The van der Waals surface area contributed by atoms with Gasteiger partial charge in [0.15, 0.2) is 0 Å². The number of amides is 1. The molecule has 1 aromatic carbocycles. The van der Waals surface area contributed by atoms with Crippen molar-refractivity contribution in [2.45, 2.75) is 18.9 Å². The van der Waals surface area contributed by atoms with Gasteiger partial charge >= 0.3 is 0 Å². The first-order valence-electron chi connectivity index (χ1n) is 5.40. The number of hydrogen-bond acceptors (Lipinski definition) is 2. The van der Waals surface area contributed by atoms with Crippen molar-refractivity contribution in [1.29, 1.82) is 0 Å². The molecular formula is C12H14BrNO2. The van der Waals surface area contributed by atoms with Gasteiger partial charge in [-0.05, 0) is 40.9 Å². The van der Waals surface area contributed by atoms with E-state index in [9.17, 15) is 9.90 Å². The molecule has 16 heavy (non-hydrogen) atoms. The van der Waals surface area contributed by atoms with E-state index in [1.54, 1.807) is 11.0 Å². The summed E-state index contributed by atoms with van der Waals surface area (Å²) in [4.78, 5) is 14.0. The van der Waals surface area contributed by atoms with Gasteiger partial charge in [-0.2, -0.15) is 0 Å². The quantitative estimate of drug-likeness (QED) is 0.903. The lowest BCUT2D eigenvalue weighted by atomic mass is 10.2. The minimum absolute atomic E-state index is 0.00373. The Bertz CT molecular complexity index is 394. The highest BCUT2D eigenvalue weighted by molar-refractivity contribution is 9.10. The topological polar surface area (TPSA) is 40.5 Å². The van der Waals surface area contributed by atoms with Crippen LogP contribution in [0.5, 0.6) is 0 Å². The van der Waals surface area contributed by atoms with Crippen LogP contribution in [0.2, 0.25) is 0 Å². The van der Waals surface area contributed by atoms with Crippen molar-refractivity contribution < 1.29 is 9.90 Å². The highest BCUT2D eigenvalue weighted by atomic mass is 79.9. The van der Waals surface area contributed by atoms with Gasteiger partial charge in [-0.25, -0.2) is 0 Å². The molecule has 0 radical (unpaired) electrons. The van der Waals surface area contributed by atoms with Gasteiger partial charge in [0.25, 0.3) is 5.91 Å². The van der Waals surface area contributed by atoms with Crippen LogP contribution in [0.15, 0.2) is 28.7 Å². The average Bonchev–Trinajstić information content (AvgIpc) is 2.77. The number of hydrogen-bond donors (Lipinski definition) is 1. The second-order valence-electron chi connectivity index (χ2n) is 3.96.